The van der Waals surface area contributed by atoms with E-state index >= 15 is 0 Å². The summed E-state index contributed by atoms with van der Waals surface area (Å²) >= 11 is 3.34. The van der Waals surface area contributed by atoms with Crippen molar-refractivity contribution < 1.29 is 13.9 Å². The molecule has 0 atom stereocenters. The van der Waals surface area contributed by atoms with Crippen LogP contribution < -0.4 is 15.8 Å². The van der Waals surface area contributed by atoms with Gasteiger partial charge in [-0.3, -0.25) is 4.79 Å². The molecule has 0 radical (unpaired) electrons. The van der Waals surface area contributed by atoms with Gasteiger partial charge < -0.3 is 15.8 Å². The number of nitrogens with one attached hydrogen (secondary N) is 1. The van der Waals surface area contributed by atoms with E-state index in [0.29, 0.717) is 11.4 Å². The van der Waals surface area contributed by atoms with Crippen molar-refractivity contribution in [2.24, 2.45) is 0 Å². The van der Waals surface area contributed by atoms with Gasteiger partial charge in [-0.05, 0) is 42.8 Å². The maximum atomic E-state index is 13.1. The van der Waals surface area contributed by atoms with Gasteiger partial charge in [0.2, 0.25) is 0 Å². The van der Waals surface area contributed by atoms with Crippen LogP contribution in [0.1, 0.15) is 5.56 Å². The molecule has 0 aromatic heterocycles. The minimum absolute atomic E-state index is 0.187. The van der Waals surface area contributed by atoms with Crippen molar-refractivity contribution in [3.8, 4) is 5.75 Å². The number of hydrogen-bond donors (Lipinski definition) is 2. The molecular weight excluding hydrogens is 339 g/mol. The van der Waals surface area contributed by atoms with Crippen LogP contribution in [-0.4, -0.2) is 12.5 Å². The number of carbonyl (C=O) groups excluding carboxylic acids is 1. The van der Waals surface area contributed by atoms with Crippen molar-refractivity contribution in [2.75, 3.05) is 17.7 Å². The predicted octanol–water partition coefficient (Wildman–Crippen LogP) is 3.50. The molecule has 6 heteroatoms. The Kier molecular flexibility index (Phi) is 4.80. The number of nitrogen functional groups attached to an aromatic ring is 1. The Morgan fingerprint density at radius 1 is 1.33 bits per heavy atom. The maximum Gasteiger partial charge on any atom is 0.262 e. The first-order valence-electron chi connectivity index (χ1n) is 6.19. The zero-order valence-corrected chi connectivity index (χ0v) is 12.9. The van der Waals surface area contributed by atoms with E-state index in [1.165, 1.54) is 12.1 Å². The highest BCUT2D eigenvalue weighted by Crippen LogP contribution is 2.23. The lowest BCUT2D eigenvalue weighted by atomic mass is 10.2. The van der Waals surface area contributed by atoms with Crippen molar-refractivity contribution in [3.05, 3.63) is 52.3 Å². The molecule has 2 aromatic carbocycles. The van der Waals surface area contributed by atoms with Gasteiger partial charge in [-0.1, -0.05) is 22.0 Å². The van der Waals surface area contributed by atoms with E-state index < -0.39 is 11.7 Å². The van der Waals surface area contributed by atoms with E-state index in [1.807, 2.05) is 19.1 Å². The summed E-state index contributed by atoms with van der Waals surface area (Å²) in [5.74, 6) is -0.276. The lowest BCUT2D eigenvalue weighted by Crippen LogP contribution is -2.21. The Balaban J connectivity index is 1.99. The molecule has 0 aliphatic rings. The van der Waals surface area contributed by atoms with Crippen molar-refractivity contribution in [1.29, 1.82) is 0 Å². The topological polar surface area (TPSA) is 64.3 Å². The molecule has 0 unspecified atom stereocenters. The summed E-state index contributed by atoms with van der Waals surface area (Å²) in [6.07, 6.45) is 0. The first kappa shape index (κ1) is 15.3. The zero-order valence-electron chi connectivity index (χ0n) is 11.3. The van der Waals surface area contributed by atoms with Gasteiger partial charge in [0, 0.05) is 4.47 Å². The quantitative estimate of drug-likeness (QED) is 0.827. The molecule has 0 spiro atoms. The number of anilines is 2. The largest absolute Gasteiger partial charge is 0.483 e. The van der Waals surface area contributed by atoms with Crippen LogP contribution in [0.15, 0.2) is 40.9 Å². The fourth-order valence-electron chi connectivity index (χ4n) is 1.70. The van der Waals surface area contributed by atoms with Crippen LogP contribution in [-0.2, 0) is 4.79 Å². The third-order valence-corrected chi connectivity index (χ3v) is 3.29. The number of aryl methyl sites for hydroxylation is 1. The molecule has 0 aliphatic carbocycles. The molecule has 3 N–H and O–H groups in total. The van der Waals surface area contributed by atoms with Gasteiger partial charge in [0.15, 0.2) is 6.61 Å². The second-order valence-corrected chi connectivity index (χ2v) is 5.39. The highest BCUT2D eigenvalue weighted by atomic mass is 79.9. The molecule has 0 saturated heterocycles. The van der Waals surface area contributed by atoms with Crippen LogP contribution >= 0.6 is 15.9 Å². The first-order valence-corrected chi connectivity index (χ1v) is 6.99. The average Bonchev–Trinajstić information content (AvgIpc) is 2.44. The third-order valence-electron chi connectivity index (χ3n) is 2.80. The summed E-state index contributed by atoms with van der Waals surface area (Å²) in [6.45, 7) is 1.69. The van der Waals surface area contributed by atoms with Crippen LogP contribution in [0.5, 0.6) is 5.75 Å². The van der Waals surface area contributed by atoms with Gasteiger partial charge >= 0.3 is 0 Å². The van der Waals surface area contributed by atoms with Gasteiger partial charge in [-0.25, -0.2) is 4.39 Å². The number of amides is 1. The van der Waals surface area contributed by atoms with E-state index in [9.17, 15) is 9.18 Å². The van der Waals surface area contributed by atoms with Crippen LogP contribution in [0.4, 0.5) is 15.8 Å². The fourth-order valence-corrected chi connectivity index (χ4v) is 2.04. The lowest BCUT2D eigenvalue weighted by Gasteiger charge is -2.11. The number of carbonyl (C=O) groups is 1. The van der Waals surface area contributed by atoms with E-state index in [0.717, 1.165) is 16.1 Å². The normalized spacial score (nSPS) is 10.2. The smallest absolute Gasteiger partial charge is 0.262 e. The molecule has 4 nitrogen and oxygen atoms in total. The van der Waals surface area contributed by atoms with Crippen LogP contribution in [0.25, 0.3) is 0 Å². The number of hydrogen-bond acceptors (Lipinski definition) is 3. The number of ether oxygens (including phenoxy) is 1. The Morgan fingerprint density at radius 2 is 2.10 bits per heavy atom. The van der Waals surface area contributed by atoms with E-state index in [2.05, 4.69) is 21.2 Å². The minimum Gasteiger partial charge on any atom is -0.483 e. The van der Waals surface area contributed by atoms with Gasteiger partial charge in [-0.15, -0.1) is 0 Å². The second kappa shape index (κ2) is 6.58. The molecule has 1 amide bonds. The summed E-state index contributed by atoms with van der Waals surface area (Å²) in [5, 5.41) is 2.51. The van der Waals surface area contributed by atoms with Crippen LogP contribution in [0, 0.1) is 12.7 Å². The lowest BCUT2D eigenvalue weighted by molar-refractivity contribution is -0.118. The second-order valence-electron chi connectivity index (χ2n) is 4.48. The molecule has 110 valence electrons. The van der Waals surface area contributed by atoms with Gasteiger partial charge in [-0.2, -0.15) is 0 Å². The highest BCUT2D eigenvalue weighted by Gasteiger charge is 2.08. The monoisotopic (exact) mass is 352 g/mol. The Morgan fingerprint density at radius 3 is 2.86 bits per heavy atom. The van der Waals surface area contributed by atoms with E-state index in [1.54, 1.807) is 6.07 Å². The molecule has 0 aliphatic heterocycles. The van der Waals surface area contributed by atoms with Gasteiger partial charge in [0.05, 0.1) is 11.4 Å². The van der Waals surface area contributed by atoms with Crippen molar-refractivity contribution in [3.63, 3.8) is 0 Å². The molecule has 0 fully saturated rings. The Hall–Kier alpha value is -2.08. The summed E-state index contributed by atoms with van der Waals surface area (Å²) in [5.41, 5.74) is 7.10. The van der Waals surface area contributed by atoms with Gasteiger partial charge in [0.1, 0.15) is 11.6 Å². The minimum atomic E-state index is -0.469. The summed E-state index contributed by atoms with van der Waals surface area (Å²) in [4.78, 5) is 11.8. The molecular formula is C15H14BrFN2O2. The third kappa shape index (κ3) is 4.19. The van der Waals surface area contributed by atoms with Crippen LogP contribution in [0.3, 0.4) is 0 Å². The molecule has 2 rings (SSSR count). The Bertz CT molecular complexity index is 677. The van der Waals surface area contributed by atoms with Crippen LogP contribution in [0.2, 0.25) is 0 Å². The maximum absolute atomic E-state index is 13.1. The standard InChI is InChI=1S/C15H14BrFN2O2/c1-9-2-3-10(16)6-14(9)21-8-15(20)19-13-7-11(17)4-5-12(13)18/h2-7H,8,18H2,1H3,(H,19,20). The number of benzene rings is 2. The van der Waals surface area contributed by atoms with Gasteiger partial charge in [0.25, 0.3) is 5.91 Å². The van der Waals surface area contributed by atoms with Crippen molar-refractivity contribution >= 4 is 33.2 Å². The fraction of sp³-hybridized carbons (Fsp3) is 0.133. The molecule has 0 bridgehead atoms. The predicted molar refractivity (Wildman–Crippen MR) is 83.8 cm³/mol. The van der Waals surface area contributed by atoms with Crippen molar-refractivity contribution in [1.82, 2.24) is 0 Å². The summed E-state index contributed by atoms with van der Waals surface area (Å²) in [6, 6.07) is 9.32. The Labute approximate surface area is 130 Å². The van der Waals surface area contributed by atoms with E-state index in [4.69, 9.17) is 10.5 Å². The number of halogens is 2. The highest BCUT2D eigenvalue weighted by molar-refractivity contribution is 9.10. The molecule has 0 heterocycles. The zero-order chi connectivity index (χ0) is 15.4. The average molecular weight is 353 g/mol. The molecule has 21 heavy (non-hydrogen) atoms. The van der Waals surface area contributed by atoms with E-state index in [-0.39, 0.29) is 12.3 Å². The molecule has 0 saturated carbocycles. The van der Waals surface area contributed by atoms with Crippen molar-refractivity contribution in [2.45, 2.75) is 6.92 Å². The molecule has 2 aromatic rings. The summed E-state index contributed by atoms with van der Waals surface area (Å²) < 4.78 is 19.4. The first-order chi connectivity index (χ1) is 9.95. The number of rotatable bonds is 4. The summed E-state index contributed by atoms with van der Waals surface area (Å²) in [7, 11) is 0. The number of nitrogens with two attached hydrogens (primary N) is 1. The SMILES string of the molecule is Cc1ccc(Br)cc1OCC(=O)Nc1cc(F)ccc1N.